The topological polar surface area (TPSA) is 66.6 Å². The van der Waals surface area contributed by atoms with Crippen molar-refractivity contribution in [2.75, 3.05) is 17.7 Å². The number of halogens is 1. The zero-order valence-electron chi connectivity index (χ0n) is 10.3. The predicted molar refractivity (Wildman–Crippen MR) is 79.4 cm³/mol. The third-order valence-corrected chi connectivity index (χ3v) is 3.67. The smallest absolute Gasteiger partial charge is 0.259 e. The second-order valence-electron chi connectivity index (χ2n) is 4.09. The van der Waals surface area contributed by atoms with Crippen molar-refractivity contribution >= 4 is 33.2 Å². The number of carbonyl (C=O) groups is 1. The van der Waals surface area contributed by atoms with Crippen molar-refractivity contribution in [1.29, 1.82) is 0 Å². The zero-order chi connectivity index (χ0) is 14.0. The van der Waals surface area contributed by atoms with Crippen molar-refractivity contribution < 1.29 is 9.90 Å². The summed E-state index contributed by atoms with van der Waals surface area (Å²) in [4.78, 5) is 13.8. The molecule has 0 saturated carbocycles. The Morgan fingerprint density at radius 1 is 1.26 bits per heavy atom. The number of carbonyl (C=O) groups excluding carboxylic acids is 1. The summed E-state index contributed by atoms with van der Waals surface area (Å²) in [6, 6.07) is 11.7. The third kappa shape index (κ3) is 2.71. The van der Waals surface area contributed by atoms with Crippen LogP contribution in [0, 0.1) is 0 Å². The number of amides is 1. The quantitative estimate of drug-likeness (QED) is 0.836. The van der Waals surface area contributed by atoms with Crippen molar-refractivity contribution in [3.8, 4) is 5.75 Å². The molecule has 0 unspecified atom stereocenters. The van der Waals surface area contributed by atoms with Gasteiger partial charge in [-0.1, -0.05) is 12.1 Å². The van der Waals surface area contributed by atoms with Crippen LogP contribution in [-0.4, -0.2) is 18.1 Å². The predicted octanol–water partition coefficient (Wildman–Crippen LogP) is 3.01. The van der Waals surface area contributed by atoms with Gasteiger partial charge in [0, 0.05) is 24.5 Å². The second-order valence-corrected chi connectivity index (χ2v) is 4.89. The van der Waals surface area contributed by atoms with Crippen LogP contribution in [0.5, 0.6) is 5.75 Å². The largest absolute Gasteiger partial charge is 0.508 e. The molecule has 0 aliphatic heterocycles. The van der Waals surface area contributed by atoms with E-state index >= 15 is 0 Å². The van der Waals surface area contributed by atoms with Crippen LogP contribution in [0.25, 0.3) is 0 Å². The zero-order valence-corrected chi connectivity index (χ0v) is 11.9. The van der Waals surface area contributed by atoms with Crippen LogP contribution in [0.1, 0.15) is 10.4 Å². The van der Waals surface area contributed by atoms with Crippen molar-refractivity contribution in [1.82, 2.24) is 0 Å². The Morgan fingerprint density at radius 2 is 1.95 bits per heavy atom. The third-order valence-electron chi connectivity index (χ3n) is 2.78. The number of anilines is 2. The highest BCUT2D eigenvalue weighted by Gasteiger charge is 2.17. The van der Waals surface area contributed by atoms with E-state index in [1.165, 1.54) is 11.0 Å². The molecule has 2 rings (SSSR count). The molecule has 0 spiro atoms. The van der Waals surface area contributed by atoms with Crippen LogP contribution in [0.15, 0.2) is 46.9 Å². The molecular weight excluding hydrogens is 308 g/mol. The Morgan fingerprint density at radius 3 is 2.63 bits per heavy atom. The van der Waals surface area contributed by atoms with Crippen molar-refractivity contribution in [3.63, 3.8) is 0 Å². The number of hydrogen-bond acceptors (Lipinski definition) is 3. The molecule has 0 radical (unpaired) electrons. The Labute approximate surface area is 119 Å². The number of phenols is 1. The fourth-order valence-electron chi connectivity index (χ4n) is 1.71. The Hall–Kier alpha value is -2.01. The van der Waals surface area contributed by atoms with Crippen molar-refractivity contribution in [3.05, 3.63) is 52.5 Å². The standard InChI is InChI=1S/C14H13BrN2O2/c1-17(9-4-2-5-10(18)8-9)14(19)11-6-3-7-12(16)13(11)15/h2-8,18H,16H2,1H3. The molecule has 98 valence electrons. The van der Waals surface area contributed by atoms with E-state index in [4.69, 9.17) is 5.73 Å². The van der Waals surface area contributed by atoms with Gasteiger partial charge in [0.15, 0.2) is 0 Å². The van der Waals surface area contributed by atoms with Gasteiger partial charge in [0.1, 0.15) is 5.75 Å². The molecule has 19 heavy (non-hydrogen) atoms. The lowest BCUT2D eigenvalue weighted by Crippen LogP contribution is -2.26. The second kappa shape index (κ2) is 5.32. The molecule has 2 aromatic carbocycles. The first-order valence-corrected chi connectivity index (χ1v) is 6.41. The van der Waals surface area contributed by atoms with Crippen LogP contribution < -0.4 is 10.6 Å². The number of aromatic hydroxyl groups is 1. The summed E-state index contributed by atoms with van der Waals surface area (Å²) < 4.78 is 0.576. The number of phenolic OH excluding ortho intramolecular Hbond substituents is 1. The molecule has 0 heterocycles. The summed E-state index contributed by atoms with van der Waals surface area (Å²) in [7, 11) is 1.65. The summed E-state index contributed by atoms with van der Waals surface area (Å²) in [6.45, 7) is 0. The monoisotopic (exact) mass is 320 g/mol. The molecule has 0 aromatic heterocycles. The molecule has 1 amide bonds. The summed E-state index contributed by atoms with van der Waals surface area (Å²) in [6.07, 6.45) is 0. The van der Waals surface area contributed by atoms with Crippen molar-refractivity contribution in [2.24, 2.45) is 0 Å². The van der Waals surface area contributed by atoms with E-state index in [2.05, 4.69) is 15.9 Å². The van der Waals surface area contributed by atoms with E-state index in [1.54, 1.807) is 43.4 Å². The van der Waals surface area contributed by atoms with Gasteiger partial charge in [0.25, 0.3) is 5.91 Å². The maximum atomic E-state index is 12.4. The van der Waals surface area contributed by atoms with Gasteiger partial charge in [-0.15, -0.1) is 0 Å². The molecular formula is C14H13BrN2O2. The number of nitrogens with zero attached hydrogens (tertiary/aromatic N) is 1. The van der Waals surface area contributed by atoms with E-state index in [0.29, 0.717) is 21.4 Å². The maximum absolute atomic E-state index is 12.4. The Bertz CT molecular complexity index is 629. The van der Waals surface area contributed by atoms with Gasteiger partial charge in [-0.25, -0.2) is 0 Å². The minimum atomic E-state index is -0.204. The van der Waals surface area contributed by atoms with E-state index in [1.807, 2.05) is 0 Å². The van der Waals surface area contributed by atoms with Gasteiger partial charge in [-0.2, -0.15) is 0 Å². The molecule has 0 fully saturated rings. The van der Waals surface area contributed by atoms with Gasteiger partial charge >= 0.3 is 0 Å². The molecule has 0 saturated heterocycles. The average molecular weight is 321 g/mol. The highest BCUT2D eigenvalue weighted by molar-refractivity contribution is 9.10. The molecule has 5 heteroatoms. The van der Waals surface area contributed by atoms with E-state index in [9.17, 15) is 9.90 Å². The minimum Gasteiger partial charge on any atom is -0.508 e. The van der Waals surface area contributed by atoms with Gasteiger partial charge in [-0.05, 0) is 40.2 Å². The fraction of sp³-hybridized carbons (Fsp3) is 0.0714. The lowest BCUT2D eigenvalue weighted by atomic mass is 10.1. The van der Waals surface area contributed by atoms with Crippen LogP contribution in [0.3, 0.4) is 0 Å². The van der Waals surface area contributed by atoms with Gasteiger partial charge in [0.05, 0.1) is 10.0 Å². The Kier molecular flexibility index (Phi) is 3.76. The first kappa shape index (κ1) is 13.4. The SMILES string of the molecule is CN(C(=O)c1cccc(N)c1Br)c1cccc(O)c1. The molecule has 4 nitrogen and oxygen atoms in total. The summed E-state index contributed by atoms with van der Waals surface area (Å²) >= 11 is 3.31. The van der Waals surface area contributed by atoms with Gasteiger partial charge < -0.3 is 15.7 Å². The number of nitrogens with two attached hydrogens (primary N) is 1. The lowest BCUT2D eigenvalue weighted by Gasteiger charge is -2.18. The van der Waals surface area contributed by atoms with Crippen molar-refractivity contribution in [2.45, 2.75) is 0 Å². The molecule has 0 aliphatic carbocycles. The lowest BCUT2D eigenvalue weighted by molar-refractivity contribution is 0.0992. The Balaban J connectivity index is 2.36. The number of nitrogen functional groups attached to an aromatic ring is 1. The summed E-state index contributed by atoms with van der Waals surface area (Å²) in [5, 5.41) is 9.45. The number of rotatable bonds is 2. The minimum absolute atomic E-state index is 0.115. The van der Waals surface area contributed by atoms with Gasteiger partial charge in [-0.3, -0.25) is 4.79 Å². The highest BCUT2D eigenvalue weighted by atomic mass is 79.9. The van der Waals surface area contributed by atoms with Crippen LogP contribution >= 0.6 is 15.9 Å². The van der Waals surface area contributed by atoms with Crippen LogP contribution in [0.4, 0.5) is 11.4 Å². The average Bonchev–Trinajstić information content (AvgIpc) is 2.40. The normalized spacial score (nSPS) is 10.2. The molecule has 3 N–H and O–H groups in total. The number of benzene rings is 2. The number of hydrogen-bond donors (Lipinski definition) is 2. The summed E-state index contributed by atoms with van der Waals surface area (Å²) in [5.41, 5.74) is 7.36. The first-order valence-electron chi connectivity index (χ1n) is 5.62. The summed E-state index contributed by atoms with van der Waals surface area (Å²) in [5.74, 6) is -0.0893. The van der Waals surface area contributed by atoms with Crippen LogP contribution in [0.2, 0.25) is 0 Å². The fourth-order valence-corrected chi connectivity index (χ4v) is 2.15. The first-order chi connectivity index (χ1) is 9.00. The molecule has 0 bridgehead atoms. The molecule has 0 atom stereocenters. The van der Waals surface area contributed by atoms with E-state index in [-0.39, 0.29) is 11.7 Å². The maximum Gasteiger partial charge on any atom is 0.259 e. The molecule has 2 aromatic rings. The van der Waals surface area contributed by atoms with E-state index in [0.717, 1.165) is 0 Å². The van der Waals surface area contributed by atoms with Crippen LogP contribution in [-0.2, 0) is 0 Å². The van der Waals surface area contributed by atoms with Gasteiger partial charge in [0.2, 0.25) is 0 Å². The highest BCUT2D eigenvalue weighted by Crippen LogP contribution is 2.27. The van der Waals surface area contributed by atoms with E-state index < -0.39 is 0 Å². The molecule has 0 aliphatic rings.